The van der Waals surface area contributed by atoms with Gasteiger partial charge in [0, 0.05) is 13.0 Å². The van der Waals surface area contributed by atoms with E-state index >= 15 is 0 Å². The largest absolute Gasteiger partial charge is 0.493 e. The molecule has 120 valence electrons. The summed E-state index contributed by atoms with van der Waals surface area (Å²) < 4.78 is 10.7. The first-order valence-electron chi connectivity index (χ1n) is 7.59. The Bertz CT molecular complexity index is 701. The lowest BCUT2D eigenvalue weighted by atomic mass is 10.0. The van der Waals surface area contributed by atoms with Gasteiger partial charge in [0.1, 0.15) is 0 Å². The van der Waals surface area contributed by atoms with Crippen LogP contribution >= 0.6 is 0 Å². The number of hydrogen-bond donors (Lipinski definition) is 1. The van der Waals surface area contributed by atoms with E-state index in [0.29, 0.717) is 6.54 Å². The van der Waals surface area contributed by atoms with Crippen molar-refractivity contribution in [1.29, 1.82) is 0 Å². The third kappa shape index (κ3) is 3.00. The summed E-state index contributed by atoms with van der Waals surface area (Å²) in [6.45, 7) is 0.465. The quantitative estimate of drug-likeness (QED) is 0.922. The molecule has 0 radical (unpaired) electrons. The summed E-state index contributed by atoms with van der Waals surface area (Å²) in [4.78, 5) is 0. The van der Waals surface area contributed by atoms with Crippen molar-refractivity contribution in [1.82, 2.24) is 0 Å². The van der Waals surface area contributed by atoms with Gasteiger partial charge >= 0.3 is 0 Å². The lowest BCUT2D eigenvalue weighted by molar-refractivity contribution is 0.354. The molecule has 2 aromatic carbocycles. The average molecular weight is 311 g/mol. The number of methoxy groups -OCH3 is 2. The molecule has 0 aliphatic carbocycles. The number of rotatable bonds is 5. The molecule has 1 heterocycles. The van der Waals surface area contributed by atoms with Crippen LogP contribution in [0.1, 0.15) is 18.0 Å². The maximum absolute atomic E-state index is 5.81. The third-order valence-corrected chi connectivity index (χ3v) is 4.02. The number of hydrogen-bond acceptors (Lipinski definition) is 5. The number of nitrogens with two attached hydrogens (primary N) is 1. The minimum absolute atomic E-state index is 0.107. The van der Waals surface area contributed by atoms with Crippen LogP contribution in [0.5, 0.6) is 11.5 Å². The van der Waals surface area contributed by atoms with Crippen molar-refractivity contribution in [3.8, 4) is 11.5 Å². The average Bonchev–Trinajstić information content (AvgIpc) is 3.06. The minimum Gasteiger partial charge on any atom is -0.493 e. The van der Waals surface area contributed by atoms with Gasteiger partial charge < -0.3 is 15.2 Å². The Labute approximate surface area is 136 Å². The second-order valence-electron chi connectivity index (χ2n) is 5.38. The fraction of sp³-hybridized carbons (Fsp3) is 0.278. The van der Waals surface area contributed by atoms with Crippen LogP contribution in [0.2, 0.25) is 0 Å². The van der Waals surface area contributed by atoms with E-state index in [2.05, 4.69) is 23.3 Å². The summed E-state index contributed by atoms with van der Waals surface area (Å²) in [5.74, 6) is 1.44. The summed E-state index contributed by atoms with van der Waals surface area (Å²) in [6, 6.07) is 16.2. The first kappa shape index (κ1) is 15.4. The molecule has 0 bridgehead atoms. The molecule has 0 aromatic heterocycles. The maximum atomic E-state index is 5.81. The van der Waals surface area contributed by atoms with Gasteiger partial charge in [-0.15, -0.1) is 0 Å². The van der Waals surface area contributed by atoms with Crippen LogP contribution in [-0.2, 0) is 0 Å². The Balaban J connectivity index is 1.98. The van der Waals surface area contributed by atoms with Gasteiger partial charge in [-0.1, -0.05) is 24.3 Å². The van der Waals surface area contributed by atoms with Gasteiger partial charge in [-0.3, -0.25) is 5.01 Å². The van der Waals surface area contributed by atoms with Crippen molar-refractivity contribution in [3.63, 3.8) is 0 Å². The summed E-state index contributed by atoms with van der Waals surface area (Å²) in [7, 11) is 3.28. The Morgan fingerprint density at radius 1 is 1.09 bits per heavy atom. The molecule has 0 saturated heterocycles. The lowest BCUT2D eigenvalue weighted by Crippen LogP contribution is -2.18. The Morgan fingerprint density at radius 3 is 2.48 bits per heavy atom. The van der Waals surface area contributed by atoms with Crippen LogP contribution in [0.25, 0.3) is 0 Å². The van der Waals surface area contributed by atoms with Gasteiger partial charge in [0.25, 0.3) is 0 Å². The summed E-state index contributed by atoms with van der Waals surface area (Å²) >= 11 is 0. The molecule has 5 nitrogen and oxygen atoms in total. The van der Waals surface area contributed by atoms with E-state index < -0.39 is 0 Å². The van der Waals surface area contributed by atoms with Crippen LogP contribution < -0.4 is 20.2 Å². The van der Waals surface area contributed by atoms with Gasteiger partial charge in [-0.25, -0.2) is 0 Å². The highest BCUT2D eigenvalue weighted by atomic mass is 16.5. The van der Waals surface area contributed by atoms with E-state index in [9.17, 15) is 0 Å². The molecule has 5 heteroatoms. The Kier molecular flexibility index (Phi) is 4.48. The van der Waals surface area contributed by atoms with Crippen molar-refractivity contribution in [2.75, 3.05) is 25.8 Å². The first-order chi connectivity index (χ1) is 11.3. The van der Waals surface area contributed by atoms with Crippen LogP contribution in [0, 0.1) is 0 Å². The molecule has 1 aliphatic heterocycles. The van der Waals surface area contributed by atoms with Crippen molar-refractivity contribution in [3.05, 3.63) is 54.1 Å². The van der Waals surface area contributed by atoms with Crippen LogP contribution in [0.3, 0.4) is 0 Å². The molecule has 2 aromatic rings. The predicted octanol–water partition coefficient (Wildman–Crippen LogP) is 2.97. The molecule has 0 saturated carbocycles. The SMILES string of the molecule is COc1ccc(C2CC(CN)=NN2c2ccccc2)cc1OC. The molecule has 1 aliphatic rings. The number of benzene rings is 2. The van der Waals surface area contributed by atoms with Crippen molar-refractivity contribution in [2.45, 2.75) is 12.5 Å². The molecule has 0 amide bonds. The fourth-order valence-corrected chi connectivity index (χ4v) is 2.83. The minimum atomic E-state index is 0.107. The highest BCUT2D eigenvalue weighted by Crippen LogP contribution is 2.38. The van der Waals surface area contributed by atoms with Gasteiger partial charge in [0.05, 0.1) is 31.7 Å². The zero-order chi connectivity index (χ0) is 16.2. The van der Waals surface area contributed by atoms with E-state index in [-0.39, 0.29) is 6.04 Å². The Morgan fingerprint density at radius 2 is 1.83 bits per heavy atom. The fourth-order valence-electron chi connectivity index (χ4n) is 2.83. The van der Waals surface area contributed by atoms with Crippen molar-refractivity contribution < 1.29 is 9.47 Å². The monoisotopic (exact) mass is 311 g/mol. The van der Waals surface area contributed by atoms with Crippen molar-refractivity contribution in [2.24, 2.45) is 10.8 Å². The topological polar surface area (TPSA) is 60.1 Å². The first-order valence-corrected chi connectivity index (χ1v) is 7.59. The van der Waals surface area contributed by atoms with Gasteiger partial charge in [-0.05, 0) is 29.8 Å². The van der Waals surface area contributed by atoms with Crippen LogP contribution in [0.15, 0.2) is 53.6 Å². The molecular weight excluding hydrogens is 290 g/mol. The predicted molar refractivity (Wildman–Crippen MR) is 92.3 cm³/mol. The second kappa shape index (κ2) is 6.71. The molecule has 1 unspecified atom stereocenters. The summed E-state index contributed by atoms with van der Waals surface area (Å²) in [5, 5.41) is 6.72. The van der Waals surface area contributed by atoms with E-state index in [1.165, 1.54) is 0 Å². The van der Waals surface area contributed by atoms with Gasteiger partial charge in [0.2, 0.25) is 0 Å². The number of anilines is 1. The highest BCUT2D eigenvalue weighted by molar-refractivity contribution is 5.90. The normalized spacial score (nSPS) is 17.1. The smallest absolute Gasteiger partial charge is 0.161 e. The summed E-state index contributed by atoms with van der Waals surface area (Å²) in [6.07, 6.45) is 0.806. The van der Waals surface area contributed by atoms with Crippen LogP contribution in [0.4, 0.5) is 5.69 Å². The molecule has 0 fully saturated rings. The Hall–Kier alpha value is -2.53. The zero-order valence-electron chi connectivity index (χ0n) is 13.4. The third-order valence-electron chi connectivity index (χ3n) is 4.02. The van der Waals surface area contributed by atoms with E-state index in [1.807, 2.05) is 35.3 Å². The zero-order valence-corrected chi connectivity index (χ0v) is 13.4. The van der Waals surface area contributed by atoms with E-state index in [1.54, 1.807) is 14.2 Å². The van der Waals surface area contributed by atoms with E-state index in [0.717, 1.165) is 34.9 Å². The maximum Gasteiger partial charge on any atom is 0.161 e. The van der Waals surface area contributed by atoms with Gasteiger partial charge in [-0.2, -0.15) is 5.10 Å². The lowest BCUT2D eigenvalue weighted by Gasteiger charge is -2.24. The standard InChI is InChI=1S/C18H21N3O2/c1-22-17-9-8-13(10-18(17)23-2)16-11-14(12-19)20-21(16)15-6-4-3-5-7-15/h3-10,16H,11-12,19H2,1-2H3. The molecule has 23 heavy (non-hydrogen) atoms. The number of hydrazone groups is 1. The van der Waals surface area contributed by atoms with E-state index in [4.69, 9.17) is 15.2 Å². The number of para-hydroxylation sites is 1. The van der Waals surface area contributed by atoms with Gasteiger partial charge in [0.15, 0.2) is 11.5 Å². The molecular formula is C18H21N3O2. The molecule has 3 rings (SSSR count). The molecule has 1 atom stereocenters. The summed E-state index contributed by atoms with van der Waals surface area (Å²) in [5.41, 5.74) is 8.98. The number of nitrogens with zero attached hydrogens (tertiary/aromatic N) is 2. The molecule has 2 N–H and O–H groups in total. The van der Waals surface area contributed by atoms with Crippen LogP contribution in [-0.4, -0.2) is 26.5 Å². The van der Waals surface area contributed by atoms with Crippen molar-refractivity contribution >= 4 is 11.4 Å². The second-order valence-corrected chi connectivity index (χ2v) is 5.38. The highest BCUT2D eigenvalue weighted by Gasteiger charge is 2.29. The number of ether oxygens (including phenoxy) is 2. The molecule has 0 spiro atoms.